The lowest BCUT2D eigenvalue weighted by Gasteiger charge is -2.30. The zero-order valence-electron chi connectivity index (χ0n) is 12.6. The molecule has 2 rings (SSSR count). The van der Waals surface area contributed by atoms with Crippen molar-refractivity contribution in [2.45, 2.75) is 64.0 Å². The molecule has 2 nitrogen and oxygen atoms in total. The molecule has 1 aromatic carbocycles. The highest BCUT2D eigenvalue weighted by Crippen LogP contribution is 2.31. The van der Waals surface area contributed by atoms with Gasteiger partial charge in [0, 0.05) is 0 Å². The summed E-state index contributed by atoms with van der Waals surface area (Å²) in [6.07, 6.45) is 5.63. The van der Waals surface area contributed by atoms with E-state index in [0.717, 1.165) is 18.4 Å². The Morgan fingerprint density at radius 1 is 1.00 bits per heavy atom. The monoisotopic (exact) mass is 297 g/mol. The molecule has 2 atom stereocenters. The highest BCUT2D eigenvalue weighted by Gasteiger charge is 2.27. The highest BCUT2D eigenvalue weighted by atomic mass is 35.5. The Labute approximate surface area is 129 Å². The minimum Gasteiger partial charge on any atom is -0.391 e. The van der Waals surface area contributed by atoms with Crippen molar-refractivity contribution < 1.29 is 5.11 Å². The number of aliphatic hydroxyl groups excluding tert-OH is 1. The van der Waals surface area contributed by atoms with Crippen LogP contribution in [0.4, 0.5) is 0 Å². The van der Waals surface area contributed by atoms with Gasteiger partial charge in [-0.05, 0) is 35.8 Å². The van der Waals surface area contributed by atoms with E-state index in [2.05, 4.69) is 38.1 Å². The van der Waals surface area contributed by atoms with E-state index in [1.807, 2.05) is 0 Å². The molecule has 1 fully saturated rings. The van der Waals surface area contributed by atoms with Gasteiger partial charge in [0.15, 0.2) is 0 Å². The predicted octanol–water partition coefficient (Wildman–Crippen LogP) is 4.17. The zero-order chi connectivity index (χ0) is 13.8. The van der Waals surface area contributed by atoms with E-state index in [-0.39, 0.29) is 18.4 Å². The Bertz CT molecular complexity index is 384. The Hall–Kier alpha value is -0.570. The van der Waals surface area contributed by atoms with Gasteiger partial charge in [-0.25, -0.2) is 0 Å². The minimum absolute atomic E-state index is 0. The lowest BCUT2D eigenvalue weighted by molar-refractivity contribution is 0.0618. The molecule has 0 spiro atoms. The van der Waals surface area contributed by atoms with Crippen LogP contribution in [0.2, 0.25) is 0 Å². The molecule has 0 amide bonds. The van der Waals surface area contributed by atoms with Crippen LogP contribution in [-0.2, 0) is 0 Å². The summed E-state index contributed by atoms with van der Waals surface area (Å²) in [5.74, 6) is 0.919. The number of nitrogens with two attached hydrogens (primary N) is 1. The van der Waals surface area contributed by atoms with Crippen molar-refractivity contribution in [3.8, 4) is 0 Å². The van der Waals surface area contributed by atoms with Crippen LogP contribution in [0.5, 0.6) is 0 Å². The molecular formula is C17H28ClNO. The summed E-state index contributed by atoms with van der Waals surface area (Å²) < 4.78 is 0. The molecule has 20 heavy (non-hydrogen) atoms. The first kappa shape index (κ1) is 17.5. The van der Waals surface area contributed by atoms with E-state index in [1.54, 1.807) is 0 Å². The first-order chi connectivity index (χ1) is 9.09. The SMILES string of the molecule is CC(C)c1ccc([C@@H](N)[C@@H](O)C2CCCCC2)cc1.Cl. The second-order valence-electron chi connectivity index (χ2n) is 6.24. The van der Waals surface area contributed by atoms with Gasteiger partial charge in [0.1, 0.15) is 0 Å². The van der Waals surface area contributed by atoms with Crippen LogP contribution in [0.3, 0.4) is 0 Å². The topological polar surface area (TPSA) is 46.2 Å². The van der Waals surface area contributed by atoms with Crippen molar-refractivity contribution in [3.63, 3.8) is 0 Å². The Morgan fingerprint density at radius 2 is 1.50 bits per heavy atom. The van der Waals surface area contributed by atoms with Gasteiger partial charge in [-0.2, -0.15) is 0 Å². The van der Waals surface area contributed by atoms with Crippen LogP contribution in [-0.4, -0.2) is 11.2 Å². The summed E-state index contributed by atoms with van der Waals surface area (Å²) in [5, 5.41) is 10.4. The van der Waals surface area contributed by atoms with Crippen molar-refractivity contribution in [2.24, 2.45) is 11.7 Å². The summed E-state index contributed by atoms with van der Waals surface area (Å²) in [7, 11) is 0. The van der Waals surface area contributed by atoms with Crippen molar-refractivity contribution in [2.75, 3.05) is 0 Å². The predicted molar refractivity (Wildman–Crippen MR) is 87.3 cm³/mol. The fourth-order valence-corrected chi connectivity index (χ4v) is 3.07. The van der Waals surface area contributed by atoms with Crippen molar-refractivity contribution in [1.29, 1.82) is 0 Å². The third kappa shape index (κ3) is 4.21. The Kier molecular flexibility index (Phi) is 7.01. The molecule has 1 aliphatic rings. The van der Waals surface area contributed by atoms with Crippen molar-refractivity contribution >= 4 is 12.4 Å². The van der Waals surface area contributed by atoms with Crippen LogP contribution in [0.1, 0.15) is 69.0 Å². The second kappa shape index (κ2) is 8.02. The largest absolute Gasteiger partial charge is 0.391 e. The fraction of sp³-hybridized carbons (Fsp3) is 0.647. The molecular weight excluding hydrogens is 270 g/mol. The molecule has 0 heterocycles. The molecule has 1 aliphatic carbocycles. The molecule has 114 valence electrons. The van der Waals surface area contributed by atoms with E-state index >= 15 is 0 Å². The molecule has 0 saturated heterocycles. The lowest BCUT2D eigenvalue weighted by Crippen LogP contribution is -2.34. The smallest absolute Gasteiger partial charge is 0.0760 e. The number of hydrogen-bond acceptors (Lipinski definition) is 2. The van der Waals surface area contributed by atoms with Gasteiger partial charge in [0.2, 0.25) is 0 Å². The number of halogens is 1. The molecule has 1 aromatic rings. The average Bonchev–Trinajstić information content (AvgIpc) is 2.46. The number of rotatable bonds is 4. The maximum Gasteiger partial charge on any atom is 0.0760 e. The number of hydrogen-bond donors (Lipinski definition) is 2. The minimum atomic E-state index is -0.398. The van der Waals surface area contributed by atoms with E-state index in [4.69, 9.17) is 5.73 Å². The molecule has 1 saturated carbocycles. The summed E-state index contributed by atoms with van der Waals surface area (Å²) in [6, 6.07) is 8.17. The van der Waals surface area contributed by atoms with Gasteiger partial charge in [-0.1, -0.05) is 57.4 Å². The first-order valence-corrected chi connectivity index (χ1v) is 7.63. The standard InChI is InChI=1S/C17H27NO.ClH/c1-12(2)13-8-10-14(11-9-13)16(18)17(19)15-6-4-3-5-7-15;/h8-12,15-17,19H,3-7,18H2,1-2H3;1H/t16-,17+;/m1./s1. The molecule has 0 bridgehead atoms. The van der Waals surface area contributed by atoms with Crippen LogP contribution in [0, 0.1) is 5.92 Å². The summed E-state index contributed by atoms with van der Waals surface area (Å²) in [5.41, 5.74) is 8.63. The van der Waals surface area contributed by atoms with Crippen molar-refractivity contribution in [1.82, 2.24) is 0 Å². The first-order valence-electron chi connectivity index (χ1n) is 7.63. The van der Waals surface area contributed by atoms with Crippen LogP contribution in [0.25, 0.3) is 0 Å². The summed E-state index contributed by atoms with van der Waals surface area (Å²) in [6.45, 7) is 4.37. The third-order valence-corrected chi connectivity index (χ3v) is 4.49. The molecule has 0 unspecified atom stereocenters. The van der Waals surface area contributed by atoms with Crippen LogP contribution >= 0.6 is 12.4 Å². The Morgan fingerprint density at radius 3 is 2.00 bits per heavy atom. The summed E-state index contributed by atoms with van der Waals surface area (Å²) in [4.78, 5) is 0. The van der Waals surface area contributed by atoms with Crippen LogP contribution in [0.15, 0.2) is 24.3 Å². The molecule has 0 aliphatic heterocycles. The van der Waals surface area contributed by atoms with Crippen LogP contribution < -0.4 is 5.73 Å². The van der Waals surface area contributed by atoms with Gasteiger partial charge in [0.05, 0.1) is 12.1 Å². The number of aliphatic hydroxyl groups is 1. The molecule has 0 radical (unpaired) electrons. The third-order valence-electron chi connectivity index (χ3n) is 4.49. The molecule has 3 heteroatoms. The van der Waals surface area contributed by atoms with Crippen molar-refractivity contribution in [3.05, 3.63) is 35.4 Å². The van der Waals surface area contributed by atoms with Gasteiger partial charge < -0.3 is 10.8 Å². The quantitative estimate of drug-likeness (QED) is 0.876. The normalized spacial score (nSPS) is 19.4. The molecule has 3 N–H and O–H groups in total. The fourth-order valence-electron chi connectivity index (χ4n) is 3.07. The van der Waals surface area contributed by atoms with E-state index in [9.17, 15) is 5.11 Å². The lowest BCUT2D eigenvalue weighted by atomic mass is 9.81. The van der Waals surface area contributed by atoms with E-state index < -0.39 is 6.10 Å². The highest BCUT2D eigenvalue weighted by molar-refractivity contribution is 5.85. The maximum atomic E-state index is 10.4. The summed E-state index contributed by atoms with van der Waals surface area (Å²) >= 11 is 0. The van der Waals surface area contributed by atoms with E-state index in [0.29, 0.717) is 11.8 Å². The molecule has 0 aromatic heterocycles. The average molecular weight is 298 g/mol. The van der Waals surface area contributed by atoms with Gasteiger partial charge >= 0.3 is 0 Å². The Balaban J connectivity index is 0.00000200. The number of benzene rings is 1. The van der Waals surface area contributed by atoms with Gasteiger partial charge in [-0.3, -0.25) is 0 Å². The zero-order valence-corrected chi connectivity index (χ0v) is 13.4. The van der Waals surface area contributed by atoms with Gasteiger partial charge in [0.25, 0.3) is 0 Å². The van der Waals surface area contributed by atoms with E-state index in [1.165, 1.54) is 24.8 Å². The van der Waals surface area contributed by atoms with Gasteiger partial charge in [-0.15, -0.1) is 12.4 Å². The second-order valence-corrected chi connectivity index (χ2v) is 6.24. The maximum absolute atomic E-state index is 10.4.